The molecule has 1 atom stereocenters. The van der Waals surface area contributed by atoms with E-state index in [1.54, 1.807) is 17.0 Å². The molecule has 1 aliphatic rings. The van der Waals surface area contributed by atoms with Crippen LogP contribution in [0.3, 0.4) is 0 Å². The average molecular weight is 448 g/mol. The van der Waals surface area contributed by atoms with Gasteiger partial charge in [-0.1, -0.05) is 29.4 Å². The van der Waals surface area contributed by atoms with E-state index in [1.807, 2.05) is 39.0 Å². The van der Waals surface area contributed by atoms with E-state index >= 15 is 0 Å². The van der Waals surface area contributed by atoms with Crippen LogP contribution < -0.4 is 10.1 Å². The number of carbonyl (C=O) groups excluding carboxylic acids is 1. The number of aromatic nitrogens is 2. The van der Waals surface area contributed by atoms with Crippen molar-refractivity contribution in [3.8, 4) is 17.1 Å². The summed E-state index contributed by atoms with van der Waals surface area (Å²) in [5.74, 6) is 0.0894. The number of benzene rings is 2. The van der Waals surface area contributed by atoms with E-state index in [4.69, 9.17) is 9.26 Å². The Labute approximate surface area is 191 Å². The third kappa shape index (κ3) is 4.11. The molecular weight excluding hydrogens is 423 g/mol. The molecular formula is C25H25FN4O3. The van der Waals surface area contributed by atoms with Gasteiger partial charge in [0, 0.05) is 17.8 Å². The highest BCUT2D eigenvalue weighted by molar-refractivity contribution is 5.87. The predicted octanol–water partition coefficient (Wildman–Crippen LogP) is 5.18. The molecule has 7 nitrogen and oxygen atoms in total. The zero-order valence-corrected chi connectivity index (χ0v) is 19.0. The molecule has 2 heterocycles. The summed E-state index contributed by atoms with van der Waals surface area (Å²) < 4.78 is 24.8. The van der Waals surface area contributed by atoms with Gasteiger partial charge in [0.1, 0.15) is 0 Å². The van der Waals surface area contributed by atoms with Gasteiger partial charge in [0.15, 0.2) is 11.6 Å². The molecule has 1 aliphatic heterocycles. The summed E-state index contributed by atoms with van der Waals surface area (Å²) in [7, 11) is 1.40. The van der Waals surface area contributed by atoms with Crippen LogP contribution in [0.15, 0.2) is 59.3 Å². The average Bonchev–Trinajstić information content (AvgIpc) is 3.27. The molecule has 2 aromatic carbocycles. The molecule has 1 aromatic heterocycles. The molecule has 1 N–H and O–H groups in total. The SMILES string of the molecule is C=CCN1C(=O)NC(c2ccc(C)c(C)c2)C(c2nc(-c3ccc(OC)c(F)c3)no2)=C1C. The first-order chi connectivity index (χ1) is 15.8. The smallest absolute Gasteiger partial charge is 0.322 e. The van der Waals surface area contributed by atoms with Crippen LogP contribution in [0.5, 0.6) is 5.75 Å². The minimum atomic E-state index is -0.521. The van der Waals surface area contributed by atoms with E-state index in [2.05, 4.69) is 22.0 Å². The van der Waals surface area contributed by atoms with E-state index < -0.39 is 11.9 Å². The van der Waals surface area contributed by atoms with E-state index in [9.17, 15) is 9.18 Å². The van der Waals surface area contributed by atoms with E-state index in [0.29, 0.717) is 23.4 Å². The second-order valence-electron chi connectivity index (χ2n) is 7.90. The Bertz CT molecular complexity index is 1260. The molecule has 170 valence electrons. The number of carbonyl (C=O) groups is 1. The van der Waals surface area contributed by atoms with Crippen molar-refractivity contribution in [3.05, 3.63) is 83.1 Å². The van der Waals surface area contributed by atoms with Crippen LogP contribution in [0, 0.1) is 19.7 Å². The van der Waals surface area contributed by atoms with Crippen molar-refractivity contribution in [2.75, 3.05) is 13.7 Å². The zero-order chi connectivity index (χ0) is 23.7. The van der Waals surface area contributed by atoms with Crippen LogP contribution in [0.2, 0.25) is 0 Å². The molecule has 0 spiro atoms. The van der Waals surface area contributed by atoms with E-state index in [-0.39, 0.29) is 23.5 Å². The summed E-state index contributed by atoms with van der Waals surface area (Å²) in [6.07, 6.45) is 1.65. The second kappa shape index (κ2) is 8.90. The maximum absolute atomic E-state index is 14.2. The summed E-state index contributed by atoms with van der Waals surface area (Å²) in [5.41, 5.74) is 4.96. The van der Waals surface area contributed by atoms with Crippen LogP contribution in [-0.4, -0.2) is 34.7 Å². The number of aryl methyl sites for hydroxylation is 2. The Morgan fingerprint density at radius 2 is 2.00 bits per heavy atom. The molecule has 0 radical (unpaired) electrons. The number of hydrogen-bond acceptors (Lipinski definition) is 5. The number of amides is 2. The van der Waals surface area contributed by atoms with Gasteiger partial charge in [0.2, 0.25) is 5.82 Å². The number of allylic oxidation sites excluding steroid dienone is 1. The topological polar surface area (TPSA) is 80.5 Å². The fraction of sp³-hybridized carbons (Fsp3) is 0.240. The summed E-state index contributed by atoms with van der Waals surface area (Å²) >= 11 is 0. The number of hydrogen-bond donors (Lipinski definition) is 1. The van der Waals surface area contributed by atoms with Crippen molar-refractivity contribution in [1.29, 1.82) is 0 Å². The molecule has 0 fully saturated rings. The molecule has 0 bridgehead atoms. The standard InChI is InChI=1S/C25H25FN4O3/c1-6-11-30-16(4)21(22(27-25(30)31)17-8-7-14(2)15(3)12-17)24-28-23(29-33-24)18-9-10-20(32-5)19(26)13-18/h6-10,12-13,22H,1,11H2,2-5H3,(H,27,31). The lowest BCUT2D eigenvalue weighted by molar-refractivity contribution is 0.209. The monoisotopic (exact) mass is 448 g/mol. The molecule has 8 heteroatoms. The number of halogens is 1. The molecule has 33 heavy (non-hydrogen) atoms. The number of nitrogens with one attached hydrogen (secondary N) is 1. The maximum atomic E-state index is 14.2. The Morgan fingerprint density at radius 1 is 1.21 bits per heavy atom. The molecule has 0 saturated carbocycles. The molecule has 0 aliphatic carbocycles. The van der Waals surface area contributed by atoms with Crippen molar-refractivity contribution in [1.82, 2.24) is 20.4 Å². The van der Waals surface area contributed by atoms with Crippen molar-refractivity contribution in [2.24, 2.45) is 0 Å². The minimum Gasteiger partial charge on any atom is -0.494 e. The van der Waals surface area contributed by atoms with Crippen molar-refractivity contribution in [3.63, 3.8) is 0 Å². The minimum absolute atomic E-state index is 0.130. The van der Waals surface area contributed by atoms with Crippen molar-refractivity contribution >= 4 is 11.6 Å². The first kappa shape index (κ1) is 22.3. The summed E-state index contributed by atoms with van der Waals surface area (Å²) in [6.45, 7) is 9.96. The maximum Gasteiger partial charge on any atom is 0.322 e. The lowest BCUT2D eigenvalue weighted by Gasteiger charge is -2.34. The van der Waals surface area contributed by atoms with Gasteiger partial charge < -0.3 is 14.6 Å². The van der Waals surface area contributed by atoms with Crippen LogP contribution in [0.4, 0.5) is 9.18 Å². The van der Waals surface area contributed by atoms with Gasteiger partial charge >= 0.3 is 6.03 Å². The van der Waals surface area contributed by atoms with Crippen LogP contribution in [0.25, 0.3) is 17.0 Å². The number of urea groups is 1. The molecule has 3 aromatic rings. The molecule has 1 unspecified atom stereocenters. The van der Waals surface area contributed by atoms with Crippen molar-refractivity contribution in [2.45, 2.75) is 26.8 Å². The highest BCUT2D eigenvalue weighted by Crippen LogP contribution is 2.38. The van der Waals surface area contributed by atoms with Crippen molar-refractivity contribution < 1.29 is 18.4 Å². The number of rotatable bonds is 6. The van der Waals surface area contributed by atoms with Gasteiger partial charge in [0.05, 0.1) is 18.7 Å². The van der Waals surface area contributed by atoms with Crippen LogP contribution in [-0.2, 0) is 0 Å². The van der Waals surface area contributed by atoms with Gasteiger partial charge in [0.25, 0.3) is 5.89 Å². The summed E-state index contributed by atoms with van der Waals surface area (Å²) in [4.78, 5) is 19.0. The van der Waals surface area contributed by atoms with E-state index in [1.165, 1.54) is 19.2 Å². The number of nitrogens with zero attached hydrogens (tertiary/aromatic N) is 3. The van der Waals surface area contributed by atoms with Gasteiger partial charge in [-0.2, -0.15) is 4.98 Å². The largest absolute Gasteiger partial charge is 0.494 e. The fourth-order valence-corrected chi connectivity index (χ4v) is 3.86. The Hall–Kier alpha value is -3.94. The first-order valence-corrected chi connectivity index (χ1v) is 10.5. The lowest BCUT2D eigenvalue weighted by Crippen LogP contribution is -2.46. The number of methoxy groups -OCH3 is 1. The normalized spacial score (nSPS) is 16.1. The highest BCUT2D eigenvalue weighted by atomic mass is 19.1. The zero-order valence-electron chi connectivity index (χ0n) is 19.0. The third-order valence-electron chi connectivity index (χ3n) is 5.84. The van der Waals surface area contributed by atoms with Crippen LogP contribution in [0.1, 0.15) is 35.5 Å². The Balaban J connectivity index is 1.82. The van der Waals surface area contributed by atoms with Gasteiger partial charge in [-0.3, -0.25) is 4.90 Å². The lowest BCUT2D eigenvalue weighted by atomic mass is 9.92. The Morgan fingerprint density at radius 3 is 2.67 bits per heavy atom. The molecule has 4 rings (SSSR count). The Kier molecular flexibility index (Phi) is 6.00. The van der Waals surface area contributed by atoms with Crippen LogP contribution >= 0.6 is 0 Å². The summed E-state index contributed by atoms with van der Waals surface area (Å²) in [5, 5.41) is 7.11. The fourth-order valence-electron chi connectivity index (χ4n) is 3.86. The number of ether oxygens (including phenoxy) is 1. The second-order valence-corrected chi connectivity index (χ2v) is 7.90. The van der Waals surface area contributed by atoms with Gasteiger partial charge in [-0.15, -0.1) is 6.58 Å². The van der Waals surface area contributed by atoms with Gasteiger partial charge in [-0.25, -0.2) is 9.18 Å². The quantitative estimate of drug-likeness (QED) is 0.525. The van der Waals surface area contributed by atoms with Gasteiger partial charge in [-0.05, 0) is 55.7 Å². The highest BCUT2D eigenvalue weighted by Gasteiger charge is 2.35. The third-order valence-corrected chi connectivity index (χ3v) is 5.84. The first-order valence-electron chi connectivity index (χ1n) is 10.5. The molecule has 2 amide bonds. The molecule has 0 saturated heterocycles. The summed E-state index contributed by atoms with van der Waals surface area (Å²) in [6, 6.07) is 9.75. The van der Waals surface area contributed by atoms with E-state index in [0.717, 1.165) is 16.7 Å². The predicted molar refractivity (Wildman–Crippen MR) is 123 cm³/mol.